The summed E-state index contributed by atoms with van der Waals surface area (Å²) in [6.45, 7) is 5.55. The molecule has 0 radical (unpaired) electrons. The van der Waals surface area contributed by atoms with E-state index >= 15 is 0 Å². The number of hydrogen-bond donors (Lipinski definition) is 3. The van der Waals surface area contributed by atoms with Gasteiger partial charge in [0.1, 0.15) is 6.04 Å². The maximum Gasteiger partial charge on any atom is 0.264 e. The number of piperazine rings is 1. The Morgan fingerprint density at radius 3 is 2.38 bits per heavy atom. The summed E-state index contributed by atoms with van der Waals surface area (Å²) in [4.78, 5) is 53.3. The van der Waals surface area contributed by atoms with Gasteiger partial charge in [-0.15, -0.1) is 0 Å². The third-order valence-electron chi connectivity index (χ3n) is 6.59. The van der Waals surface area contributed by atoms with Crippen LogP contribution in [0.2, 0.25) is 0 Å². The lowest BCUT2D eigenvalue weighted by Gasteiger charge is -2.27. The van der Waals surface area contributed by atoms with E-state index in [9.17, 15) is 19.2 Å². The third kappa shape index (κ3) is 4.32. The summed E-state index contributed by atoms with van der Waals surface area (Å²) in [6, 6.07) is 12.5. The second-order valence-corrected chi connectivity index (χ2v) is 8.87. The molecular formula is C25H27N5O4. The van der Waals surface area contributed by atoms with E-state index in [-0.39, 0.29) is 29.9 Å². The average molecular weight is 462 g/mol. The van der Waals surface area contributed by atoms with Gasteiger partial charge in [-0.3, -0.25) is 34.3 Å². The monoisotopic (exact) mass is 461 g/mol. The number of fused-ring (bicyclic) bond motifs is 1. The molecule has 176 valence electrons. The molecule has 34 heavy (non-hydrogen) atoms. The molecule has 5 rings (SSSR count). The van der Waals surface area contributed by atoms with Gasteiger partial charge in [0.15, 0.2) is 0 Å². The highest BCUT2D eigenvalue weighted by Gasteiger charge is 2.45. The first-order valence-corrected chi connectivity index (χ1v) is 11.6. The number of carbonyl (C=O) groups is 4. The zero-order chi connectivity index (χ0) is 23.7. The van der Waals surface area contributed by atoms with Crippen molar-refractivity contribution in [2.75, 3.05) is 31.5 Å². The zero-order valence-corrected chi connectivity index (χ0v) is 18.8. The van der Waals surface area contributed by atoms with Crippen molar-refractivity contribution in [3.05, 3.63) is 64.7 Å². The number of benzene rings is 2. The van der Waals surface area contributed by atoms with Crippen LogP contribution in [0.1, 0.15) is 44.7 Å². The number of nitrogens with zero attached hydrogens (tertiary/aromatic N) is 2. The first-order chi connectivity index (χ1) is 16.5. The van der Waals surface area contributed by atoms with Gasteiger partial charge in [-0.25, -0.2) is 0 Å². The van der Waals surface area contributed by atoms with Crippen LogP contribution in [0.15, 0.2) is 42.5 Å². The van der Waals surface area contributed by atoms with Crippen LogP contribution < -0.4 is 16.0 Å². The van der Waals surface area contributed by atoms with E-state index in [0.717, 1.165) is 43.2 Å². The number of nitrogens with one attached hydrogen (secondary N) is 3. The molecule has 1 atom stereocenters. The van der Waals surface area contributed by atoms with Crippen LogP contribution in [0, 0.1) is 0 Å². The molecule has 0 bridgehead atoms. The molecule has 0 saturated carbocycles. The Morgan fingerprint density at radius 1 is 0.912 bits per heavy atom. The van der Waals surface area contributed by atoms with Crippen molar-refractivity contribution in [1.82, 2.24) is 20.4 Å². The topological polar surface area (TPSA) is 111 Å². The average Bonchev–Trinajstić information content (AvgIpc) is 3.10. The molecule has 0 aromatic heterocycles. The van der Waals surface area contributed by atoms with E-state index in [0.29, 0.717) is 12.2 Å². The van der Waals surface area contributed by atoms with Crippen LogP contribution in [0.3, 0.4) is 0 Å². The Kier molecular flexibility index (Phi) is 6.12. The lowest BCUT2D eigenvalue weighted by Crippen LogP contribution is -2.54. The highest BCUT2D eigenvalue weighted by atomic mass is 16.2. The first kappa shape index (κ1) is 22.2. The summed E-state index contributed by atoms with van der Waals surface area (Å²) in [6.07, 6.45) is 0.235. The minimum atomic E-state index is -0.971. The minimum absolute atomic E-state index is 0.0968. The van der Waals surface area contributed by atoms with Crippen LogP contribution >= 0.6 is 0 Å². The van der Waals surface area contributed by atoms with E-state index in [4.69, 9.17) is 0 Å². The van der Waals surface area contributed by atoms with Gasteiger partial charge in [0.2, 0.25) is 11.8 Å². The molecule has 3 aliphatic heterocycles. The zero-order valence-electron chi connectivity index (χ0n) is 18.8. The normalized spacial score (nSPS) is 20.9. The van der Waals surface area contributed by atoms with Crippen molar-refractivity contribution in [3.8, 4) is 0 Å². The highest BCUT2D eigenvalue weighted by Crippen LogP contribution is 2.32. The predicted molar refractivity (Wildman–Crippen MR) is 125 cm³/mol. The Labute approximate surface area is 197 Å². The molecule has 2 fully saturated rings. The smallest absolute Gasteiger partial charge is 0.264 e. The van der Waals surface area contributed by atoms with E-state index < -0.39 is 23.8 Å². The van der Waals surface area contributed by atoms with Crippen LogP contribution in [0.25, 0.3) is 0 Å². The molecule has 1 unspecified atom stereocenters. The van der Waals surface area contributed by atoms with Gasteiger partial charge in [0, 0.05) is 51.4 Å². The minimum Gasteiger partial charge on any atom is -0.380 e. The van der Waals surface area contributed by atoms with Crippen LogP contribution in [0.4, 0.5) is 5.69 Å². The summed E-state index contributed by atoms with van der Waals surface area (Å²) in [5.74, 6) is -2.01. The van der Waals surface area contributed by atoms with Crippen molar-refractivity contribution in [3.63, 3.8) is 0 Å². The Balaban J connectivity index is 1.27. The van der Waals surface area contributed by atoms with E-state index in [1.54, 1.807) is 18.2 Å². The lowest BCUT2D eigenvalue weighted by atomic mass is 10.0. The molecule has 9 heteroatoms. The molecule has 9 nitrogen and oxygen atoms in total. The molecule has 0 spiro atoms. The standard InChI is InChI=1S/C25H27N5O4/c31-21-9-8-20(23(32)28-21)30-24(33)18-2-1-3-19(22(18)25(30)34)27-14-16-4-6-17(7-5-16)15-29-12-10-26-11-13-29/h1-7,20,26-27H,8-15H2,(H,28,31,32). The van der Waals surface area contributed by atoms with Crippen molar-refractivity contribution in [2.24, 2.45) is 0 Å². The molecular weight excluding hydrogens is 434 g/mol. The summed E-state index contributed by atoms with van der Waals surface area (Å²) < 4.78 is 0. The number of amides is 4. The Bertz CT molecular complexity index is 1140. The molecule has 0 aliphatic carbocycles. The molecule has 2 saturated heterocycles. The Hall–Kier alpha value is -3.56. The van der Waals surface area contributed by atoms with Crippen molar-refractivity contribution < 1.29 is 19.2 Å². The lowest BCUT2D eigenvalue weighted by molar-refractivity contribution is -0.136. The molecule has 3 aliphatic rings. The number of imide groups is 2. The highest BCUT2D eigenvalue weighted by molar-refractivity contribution is 6.25. The molecule has 2 aromatic rings. The first-order valence-electron chi connectivity index (χ1n) is 11.6. The summed E-state index contributed by atoms with van der Waals surface area (Å²) in [5, 5.41) is 8.86. The van der Waals surface area contributed by atoms with Gasteiger partial charge in [-0.1, -0.05) is 30.3 Å². The van der Waals surface area contributed by atoms with Gasteiger partial charge < -0.3 is 10.6 Å². The summed E-state index contributed by atoms with van der Waals surface area (Å²) in [5.41, 5.74) is 3.40. The van der Waals surface area contributed by atoms with Crippen molar-refractivity contribution >= 4 is 29.3 Å². The maximum absolute atomic E-state index is 13.2. The van der Waals surface area contributed by atoms with Crippen LogP contribution in [0.5, 0.6) is 0 Å². The predicted octanol–water partition coefficient (Wildman–Crippen LogP) is 1.11. The van der Waals surface area contributed by atoms with Gasteiger partial charge in [0.05, 0.1) is 11.1 Å². The third-order valence-corrected chi connectivity index (χ3v) is 6.59. The number of rotatable bonds is 6. The number of carbonyl (C=O) groups excluding carboxylic acids is 4. The Morgan fingerprint density at radius 2 is 1.65 bits per heavy atom. The van der Waals surface area contributed by atoms with Crippen LogP contribution in [-0.2, 0) is 22.7 Å². The fourth-order valence-corrected chi connectivity index (χ4v) is 4.75. The number of hydrogen-bond acceptors (Lipinski definition) is 7. The van der Waals surface area contributed by atoms with Gasteiger partial charge in [-0.05, 0) is 29.7 Å². The fraction of sp³-hybridized carbons (Fsp3) is 0.360. The molecule has 4 amide bonds. The summed E-state index contributed by atoms with van der Waals surface area (Å²) in [7, 11) is 0. The second-order valence-electron chi connectivity index (χ2n) is 8.87. The quantitative estimate of drug-likeness (QED) is 0.553. The number of anilines is 1. The van der Waals surface area contributed by atoms with Crippen LogP contribution in [-0.4, -0.2) is 65.6 Å². The summed E-state index contributed by atoms with van der Waals surface area (Å²) >= 11 is 0. The van der Waals surface area contributed by atoms with Crippen molar-refractivity contribution in [2.45, 2.75) is 32.0 Å². The van der Waals surface area contributed by atoms with E-state index in [2.05, 4.69) is 45.1 Å². The van der Waals surface area contributed by atoms with Gasteiger partial charge in [0.25, 0.3) is 11.8 Å². The van der Waals surface area contributed by atoms with Gasteiger partial charge in [-0.2, -0.15) is 0 Å². The fourth-order valence-electron chi connectivity index (χ4n) is 4.75. The van der Waals surface area contributed by atoms with E-state index in [1.165, 1.54) is 5.56 Å². The number of piperidine rings is 1. The molecule has 3 heterocycles. The van der Waals surface area contributed by atoms with Crippen molar-refractivity contribution in [1.29, 1.82) is 0 Å². The van der Waals surface area contributed by atoms with E-state index in [1.807, 2.05) is 0 Å². The molecule has 3 N–H and O–H groups in total. The van der Waals surface area contributed by atoms with Gasteiger partial charge >= 0.3 is 0 Å². The SMILES string of the molecule is O=C1CCC(N2C(=O)c3cccc(NCc4ccc(CN5CCNCC5)cc4)c3C2=O)C(=O)N1. The second kappa shape index (κ2) is 9.36. The maximum atomic E-state index is 13.2. The molecule has 2 aromatic carbocycles. The largest absolute Gasteiger partial charge is 0.380 e.